The van der Waals surface area contributed by atoms with Crippen molar-refractivity contribution in [3.63, 3.8) is 0 Å². The third-order valence-electron chi connectivity index (χ3n) is 10.4. The number of fused-ring (bicyclic) bond motifs is 5. The highest BCUT2D eigenvalue weighted by atomic mass is 16.5. The van der Waals surface area contributed by atoms with Crippen LogP contribution in [0.25, 0.3) is 22.9 Å². The van der Waals surface area contributed by atoms with Gasteiger partial charge in [-0.1, -0.05) is 100 Å². The van der Waals surface area contributed by atoms with Gasteiger partial charge in [-0.2, -0.15) is 0 Å². The van der Waals surface area contributed by atoms with Crippen LogP contribution in [-0.2, 0) is 11.2 Å². The van der Waals surface area contributed by atoms with Crippen molar-refractivity contribution >= 4 is 22.9 Å². The van der Waals surface area contributed by atoms with Crippen LogP contribution < -0.4 is 28.4 Å². The average molecular weight is 745 g/mol. The molecule has 6 nitrogen and oxygen atoms in total. The van der Waals surface area contributed by atoms with E-state index in [4.69, 9.17) is 28.4 Å². The van der Waals surface area contributed by atoms with Gasteiger partial charge in [0.05, 0.1) is 27.4 Å². The van der Waals surface area contributed by atoms with Crippen LogP contribution in [0.3, 0.4) is 0 Å². The number of methoxy groups -OCH3 is 2. The molecule has 0 aromatic heterocycles. The zero-order valence-corrected chi connectivity index (χ0v) is 32.9. The largest absolute Gasteiger partial charge is 0.497 e. The number of ether oxygens (including phenoxy) is 6. The first kappa shape index (κ1) is 36.8. The Hall–Kier alpha value is -6.14. The summed E-state index contributed by atoms with van der Waals surface area (Å²) in [5.41, 5.74) is 3.80. The first-order chi connectivity index (χ1) is 27.2. The van der Waals surface area contributed by atoms with Crippen LogP contribution in [0.2, 0.25) is 0 Å². The molecule has 2 aliphatic heterocycles. The zero-order chi connectivity index (χ0) is 38.9. The minimum absolute atomic E-state index is 0.336. The maximum Gasteiger partial charge on any atom is 0.181 e. The molecule has 2 heterocycles. The maximum atomic E-state index is 7.27. The molecule has 6 aromatic carbocycles. The molecule has 2 unspecified atom stereocenters. The Labute approximate surface area is 329 Å². The molecule has 2 atom stereocenters. The normalized spacial score (nSPS) is 18.2. The van der Waals surface area contributed by atoms with Gasteiger partial charge in [-0.05, 0) is 77.9 Å². The van der Waals surface area contributed by atoms with E-state index in [0.717, 1.165) is 78.7 Å². The molecule has 0 N–H and O–H groups in total. The molecule has 6 aromatic rings. The summed E-state index contributed by atoms with van der Waals surface area (Å²) in [6.45, 7) is 9.69. The molecule has 6 heteroatoms. The molecular weight excluding hydrogens is 697 g/mol. The van der Waals surface area contributed by atoms with Gasteiger partial charge in [0, 0.05) is 50.9 Å². The summed E-state index contributed by atoms with van der Waals surface area (Å²) >= 11 is 0. The number of hydrogen-bond acceptors (Lipinski definition) is 6. The van der Waals surface area contributed by atoms with E-state index in [1.54, 1.807) is 14.2 Å². The topological polar surface area (TPSA) is 55.4 Å². The third kappa shape index (κ3) is 6.63. The van der Waals surface area contributed by atoms with Crippen molar-refractivity contribution in [1.82, 2.24) is 0 Å². The average Bonchev–Trinajstić information content (AvgIpc) is 3.24. The van der Waals surface area contributed by atoms with Crippen molar-refractivity contribution < 1.29 is 28.4 Å². The van der Waals surface area contributed by atoms with Crippen molar-refractivity contribution in [3.8, 4) is 34.5 Å². The van der Waals surface area contributed by atoms with Crippen molar-refractivity contribution in [2.75, 3.05) is 27.4 Å². The van der Waals surface area contributed by atoms with Gasteiger partial charge < -0.3 is 28.4 Å². The standard InChI is InChI=1S/C50H48O6/c1-33(2)31-53-46-29-38(51-5)19-21-42(46)49(36-13-9-7-10-14-36)27-25-40-44(55-49)23-17-35-18-24-45-41(48(35)40)26-28-50(56-45,37-15-11-8-12-16-37)43-22-20-39(52-6)30-47(43)54-32-34(3)4/h7-30,33-34H,31-32H2,1-6H3. The fourth-order valence-electron chi connectivity index (χ4n) is 7.67. The Kier molecular flexibility index (Phi) is 9.98. The highest BCUT2D eigenvalue weighted by Crippen LogP contribution is 2.51. The first-order valence-corrected chi connectivity index (χ1v) is 19.3. The molecule has 56 heavy (non-hydrogen) atoms. The minimum Gasteiger partial charge on any atom is -0.497 e. The van der Waals surface area contributed by atoms with Gasteiger partial charge in [-0.25, -0.2) is 0 Å². The van der Waals surface area contributed by atoms with Crippen LogP contribution in [-0.4, -0.2) is 27.4 Å². The lowest BCUT2D eigenvalue weighted by Gasteiger charge is -2.39. The molecule has 0 saturated heterocycles. The Morgan fingerprint density at radius 1 is 0.518 bits per heavy atom. The van der Waals surface area contributed by atoms with E-state index in [1.165, 1.54) is 0 Å². The fraction of sp³-hybridized carbons (Fsp3) is 0.240. The van der Waals surface area contributed by atoms with Gasteiger partial charge in [0.1, 0.15) is 34.5 Å². The molecule has 0 bridgehead atoms. The Morgan fingerprint density at radius 2 is 0.946 bits per heavy atom. The molecule has 0 spiro atoms. The summed E-state index contributed by atoms with van der Waals surface area (Å²) in [5, 5.41) is 2.13. The second-order valence-electron chi connectivity index (χ2n) is 15.3. The van der Waals surface area contributed by atoms with Crippen LogP contribution in [0.1, 0.15) is 61.1 Å². The third-order valence-corrected chi connectivity index (χ3v) is 10.4. The van der Waals surface area contributed by atoms with E-state index in [2.05, 4.69) is 113 Å². The van der Waals surface area contributed by atoms with Crippen LogP contribution in [0.5, 0.6) is 34.5 Å². The van der Waals surface area contributed by atoms with Crippen molar-refractivity contribution in [3.05, 3.63) is 167 Å². The number of benzene rings is 6. The smallest absolute Gasteiger partial charge is 0.181 e. The zero-order valence-electron chi connectivity index (χ0n) is 32.9. The second-order valence-corrected chi connectivity index (χ2v) is 15.3. The Bertz CT molecular complexity index is 2250. The van der Waals surface area contributed by atoms with E-state index < -0.39 is 11.2 Å². The molecule has 0 fully saturated rings. The fourth-order valence-corrected chi connectivity index (χ4v) is 7.67. The summed E-state index contributed by atoms with van der Waals surface area (Å²) in [6.07, 6.45) is 8.70. The van der Waals surface area contributed by atoms with Gasteiger partial charge in [0.15, 0.2) is 11.2 Å². The molecule has 0 radical (unpaired) electrons. The Morgan fingerprint density at radius 3 is 1.34 bits per heavy atom. The second kappa shape index (κ2) is 15.2. The van der Waals surface area contributed by atoms with Crippen LogP contribution in [0, 0.1) is 11.8 Å². The molecular formula is C50H48O6. The maximum absolute atomic E-state index is 7.27. The monoisotopic (exact) mass is 744 g/mol. The van der Waals surface area contributed by atoms with Crippen molar-refractivity contribution in [1.29, 1.82) is 0 Å². The molecule has 2 aliphatic rings. The first-order valence-electron chi connectivity index (χ1n) is 19.3. The lowest BCUT2D eigenvalue weighted by atomic mass is 9.81. The van der Waals surface area contributed by atoms with E-state index in [1.807, 2.05) is 60.7 Å². The summed E-state index contributed by atoms with van der Waals surface area (Å²) in [7, 11) is 3.34. The summed E-state index contributed by atoms with van der Waals surface area (Å²) in [5.74, 6) is 5.07. The van der Waals surface area contributed by atoms with Gasteiger partial charge >= 0.3 is 0 Å². The van der Waals surface area contributed by atoms with Crippen molar-refractivity contribution in [2.24, 2.45) is 11.8 Å². The van der Waals surface area contributed by atoms with E-state index in [9.17, 15) is 0 Å². The van der Waals surface area contributed by atoms with E-state index in [-0.39, 0.29) is 0 Å². The van der Waals surface area contributed by atoms with Crippen LogP contribution >= 0.6 is 0 Å². The summed E-state index contributed by atoms with van der Waals surface area (Å²) < 4.78 is 38.8. The predicted octanol–water partition coefficient (Wildman–Crippen LogP) is 11.6. The SMILES string of the molecule is COc1ccc(C2(c3ccccc3)C=Cc3c(ccc4ccc5c(c34)C=CC(c3ccccc3)(c3ccc(OC)cc3OCC(C)C)O5)O2)c(OCC(C)C)c1. The highest BCUT2D eigenvalue weighted by Gasteiger charge is 2.42. The van der Waals surface area contributed by atoms with Crippen LogP contribution in [0.4, 0.5) is 0 Å². The molecule has 0 saturated carbocycles. The molecule has 8 rings (SSSR count). The molecule has 0 aliphatic carbocycles. The van der Waals surface area contributed by atoms with Crippen molar-refractivity contribution in [2.45, 2.75) is 38.9 Å². The van der Waals surface area contributed by atoms with E-state index in [0.29, 0.717) is 25.0 Å². The van der Waals surface area contributed by atoms with Gasteiger partial charge in [0.25, 0.3) is 0 Å². The minimum atomic E-state index is -0.967. The highest BCUT2D eigenvalue weighted by molar-refractivity contribution is 6.02. The predicted molar refractivity (Wildman–Crippen MR) is 224 cm³/mol. The molecule has 284 valence electrons. The summed E-state index contributed by atoms with van der Waals surface area (Å²) in [4.78, 5) is 0. The van der Waals surface area contributed by atoms with Gasteiger partial charge in [0.2, 0.25) is 0 Å². The Balaban J connectivity index is 1.28. The lowest BCUT2D eigenvalue weighted by Crippen LogP contribution is -2.35. The van der Waals surface area contributed by atoms with Gasteiger partial charge in [-0.3, -0.25) is 0 Å². The lowest BCUT2D eigenvalue weighted by molar-refractivity contribution is 0.152. The summed E-state index contributed by atoms with van der Waals surface area (Å²) in [6, 6.07) is 41.0. The van der Waals surface area contributed by atoms with Crippen LogP contribution in [0.15, 0.2) is 133 Å². The van der Waals surface area contributed by atoms with E-state index >= 15 is 0 Å². The number of hydrogen-bond donors (Lipinski definition) is 0. The van der Waals surface area contributed by atoms with Gasteiger partial charge in [-0.15, -0.1) is 0 Å². The number of rotatable bonds is 12. The molecule has 0 amide bonds. The quantitative estimate of drug-likeness (QED) is 0.124.